The second-order valence-corrected chi connectivity index (χ2v) is 5.07. The van der Waals surface area contributed by atoms with Crippen molar-refractivity contribution in [2.45, 2.75) is 38.1 Å². The Bertz CT molecular complexity index is 332. The van der Waals surface area contributed by atoms with Gasteiger partial charge < -0.3 is 11.1 Å². The number of benzene rings is 1. The van der Waals surface area contributed by atoms with Crippen LogP contribution in [0.25, 0.3) is 0 Å². The van der Waals surface area contributed by atoms with Gasteiger partial charge in [-0.1, -0.05) is 19.3 Å². The van der Waals surface area contributed by atoms with Crippen LogP contribution < -0.4 is 11.1 Å². The van der Waals surface area contributed by atoms with E-state index < -0.39 is 0 Å². The SMILES string of the molecule is Nc1cc(NC2CCCCC2)ccc1Br. The summed E-state index contributed by atoms with van der Waals surface area (Å²) >= 11 is 3.40. The highest BCUT2D eigenvalue weighted by atomic mass is 79.9. The number of nitrogens with two attached hydrogens (primary N) is 1. The van der Waals surface area contributed by atoms with Gasteiger partial charge in [0, 0.05) is 21.9 Å². The Morgan fingerprint density at radius 2 is 1.93 bits per heavy atom. The van der Waals surface area contributed by atoms with E-state index in [-0.39, 0.29) is 0 Å². The molecule has 0 amide bonds. The minimum absolute atomic E-state index is 0.638. The minimum Gasteiger partial charge on any atom is -0.398 e. The third kappa shape index (κ3) is 2.88. The van der Waals surface area contributed by atoms with Gasteiger partial charge in [0.2, 0.25) is 0 Å². The van der Waals surface area contributed by atoms with E-state index in [0.29, 0.717) is 6.04 Å². The Kier molecular flexibility index (Phi) is 3.52. The average Bonchev–Trinajstić information content (AvgIpc) is 2.25. The van der Waals surface area contributed by atoms with Gasteiger partial charge >= 0.3 is 0 Å². The number of rotatable bonds is 2. The topological polar surface area (TPSA) is 38.0 Å². The highest BCUT2D eigenvalue weighted by Crippen LogP contribution is 2.26. The van der Waals surface area contributed by atoms with Crippen molar-refractivity contribution in [2.24, 2.45) is 0 Å². The summed E-state index contributed by atoms with van der Waals surface area (Å²) in [4.78, 5) is 0. The molecule has 0 aromatic heterocycles. The molecule has 1 aliphatic carbocycles. The van der Waals surface area contributed by atoms with Gasteiger partial charge in [0.05, 0.1) is 0 Å². The van der Waals surface area contributed by atoms with Crippen LogP contribution in [0.5, 0.6) is 0 Å². The van der Waals surface area contributed by atoms with Crippen molar-refractivity contribution in [3.63, 3.8) is 0 Å². The molecule has 0 aliphatic heterocycles. The molecule has 1 aliphatic rings. The van der Waals surface area contributed by atoms with E-state index >= 15 is 0 Å². The third-order valence-corrected chi connectivity index (χ3v) is 3.69. The van der Waals surface area contributed by atoms with Crippen LogP contribution in [0.4, 0.5) is 11.4 Å². The molecule has 1 fully saturated rings. The molecule has 2 rings (SSSR count). The molecular formula is C12H17BrN2. The largest absolute Gasteiger partial charge is 0.398 e. The summed E-state index contributed by atoms with van der Waals surface area (Å²) in [6.07, 6.45) is 6.67. The lowest BCUT2D eigenvalue weighted by Gasteiger charge is -2.24. The fourth-order valence-electron chi connectivity index (χ4n) is 2.12. The molecule has 1 aromatic rings. The van der Waals surface area contributed by atoms with Crippen molar-refractivity contribution in [1.29, 1.82) is 0 Å². The van der Waals surface area contributed by atoms with Crippen molar-refractivity contribution in [2.75, 3.05) is 11.1 Å². The first-order valence-corrected chi connectivity index (χ1v) is 6.36. The first-order valence-electron chi connectivity index (χ1n) is 5.57. The molecule has 0 spiro atoms. The van der Waals surface area contributed by atoms with Crippen molar-refractivity contribution < 1.29 is 0 Å². The zero-order valence-corrected chi connectivity index (χ0v) is 10.4. The van der Waals surface area contributed by atoms with E-state index in [9.17, 15) is 0 Å². The lowest BCUT2D eigenvalue weighted by atomic mass is 9.95. The van der Waals surface area contributed by atoms with Gasteiger partial charge in [-0.05, 0) is 47.0 Å². The molecule has 0 atom stereocenters. The summed E-state index contributed by atoms with van der Waals surface area (Å²) in [7, 11) is 0. The zero-order valence-electron chi connectivity index (χ0n) is 8.80. The van der Waals surface area contributed by atoms with Crippen LogP contribution in [0.3, 0.4) is 0 Å². The van der Waals surface area contributed by atoms with Gasteiger partial charge in [0.15, 0.2) is 0 Å². The van der Waals surface area contributed by atoms with Crippen LogP contribution in [0.1, 0.15) is 32.1 Å². The molecular weight excluding hydrogens is 252 g/mol. The maximum Gasteiger partial charge on any atom is 0.0479 e. The van der Waals surface area contributed by atoms with Gasteiger partial charge in [0.1, 0.15) is 0 Å². The lowest BCUT2D eigenvalue weighted by Crippen LogP contribution is -2.22. The number of nitrogen functional groups attached to an aromatic ring is 1. The Morgan fingerprint density at radius 1 is 1.20 bits per heavy atom. The molecule has 82 valence electrons. The molecule has 0 heterocycles. The first kappa shape index (κ1) is 10.8. The van der Waals surface area contributed by atoms with Crippen molar-refractivity contribution in [3.8, 4) is 0 Å². The number of hydrogen-bond donors (Lipinski definition) is 2. The second kappa shape index (κ2) is 4.88. The van der Waals surface area contributed by atoms with Crippen LogP contribution in [-0.4, -0.2) is 6.04 Å². The predicted molar refractivity (Wildman–Crippen MR) is 69.1 cm³/mol. The quantitative estimate of drug-likeness (QED) is 0.802. The minimum atomic E-state index is 0.638. The van der Waals surface area contributed by atoms with Gasteiger partial charge in [-0.15, -0.1) is 0 Å². The highest BCUT2D eigenvalue weighted by molar-refractivity contribution is 9.10. The standard InChI is InChI=1S/C12H17BrN2/c13-11-7-6-10(8-12(11)14)15-9-4-2-1-3-5-9/h6-9,15H,1-5,14H2. The molecule has 1 saturated carbocycles. The van der Waals surface area contributed by atoms with Crippen LogP contribution >= 0.6 is 15.9 Å². The average molecular weight is 269 g/mol. The van der Waals surface area contributed by atoms with E-state index in [4.69, 9.17) is 5.73 Å². The summed E-state index contributed by atoms with van der Waals surface area (Å²) < 4.78 is 0.969. The van der Waals surface area contributed by atoms with Gasteiger partial charge in [-0.2, -0.15) is 0 Å². The van der Waals surface area contributed by atoms with E-state index in [1.807, 2.05) is 12.1 Å². The summed E-state index contributed by atoms with van der Waals surface area (Å²) in [6, 6.07) is 6.72. The van der Waals surface area contributed by atoms with Crippen molar-refractivity contribution >= 4 is 27.3 Å². The van der Waals surface area contributed by atoms with Crippen molar-refractivity contribution in [1.82, 2.24) is 0 Å². The number of hydrogen-bond acceptors (Lipinski definition) is 2. The molecule has 2 nitrogen and oxygen atoms in total. The molecule has 15 heavy (non-hydrogen) atoms. The number of halogens is 1. The molecule has 0 saturated heterocycles. The fourth-order valence-corrected chi connectivity index (χ4v) is 2.36. The zero-order chi connectivity index (χ0) is 10.7. The van der Waals surface area contributed by atoms with E-state index in [0.717, 1.165) is 15.8 Å². The monoisotopic (exact) mass is 268 g/mol. The van der Waals surface area contributed by atoms with Crippen LogP contribution in [0.15, 0.2) is 22.7 Å². The van der Waals surface area contributed by atoms with Crippen LogP contribution in [0, 0.1) is 0 Å². The number of nitrogens with one attached hydrogen (secondary N) is 1. The summed E-state index contributed by atoms with van der Waals surface area (Å²) in [5, 5.41) is 3.55. The molecule has 3 N–H and O–H groups in total. The maximum atomic E-state index is 5.84. The summed E-state index contributed by atoms with van der Waals surface area (Å²) in [6.45, 7) is 0. The van der Waals surface area contributed by atoms with E-state index in [1.54, 1.807) is 0 Å². The summed E-state index contributed by atoms with van der Waals surface area (Å²) in [5.74, 6) is 0. The first-order chi connectivity index (χ1) is 7.25. The van der Waals surface area contributed by atoms with Crippen LogP contribution in [-0.2, 0) is 0 Å². The number of anilines is 2. The Morgan fingerprint density at radius 3 is 2.60 bits per heavy atom. The van der Waals surface area contributed by atoms with E-state index in [2.05, 4.69) is 27.3 Å². The smallest absolute Gasteiger partial charge is 0.0479 e. The van der Waals surface area contributed by atoms with Gasteiger partial charge in [-0.3, -0.25) is 0 Å². The molecule has 1 aromatic carbocycles. The van der Waals surface area contributed by atoms with Crippen LogP contribution in [0.2, 0.25) is 0 Å². The molecule has 3 heteroatoms. The predicted octanol–water partition coefficient (Wildman–Crippen LogP) is 3.78. The summed E-state index contributed by atoms with van der Waals surface area (Å²) in [5.41, 5.74) is 7.78. The second-order valence-electron chi connectivity index (χ2n) is 4.22. The van der Waals surface area contributed by atoms with Gasteiger partial charge in [0.25, 0.3) is 0 Å². The Labute approximate surface area is 99.4 Å². The Hall–Kier alpha value is -0.700. The van der Waals surface area contributed by atoms with Gasteiger partial charge in [-0.25, -0.2) is 0 Å². The normalized spacial score (nSPS) is 17.7. The molecule has 0 bridgehead atoms. The lowest BCUT2D eigenvalue weighted by molar-refractivity contribution is 0.463. The molecule has 0 unspecified atom stereocenters. The maximum absolute atomic E-state index is 5.84. The fraction of sp³-hybridized carbons (Fsp3) is 0.500. The third-order valence-electron chi connectivity index (χ3n) is 2.97. The highest BCUT2D eigenvalue weighted by Gasteiger charge is 2.12. The van der Waals surface area contributed by atoms with E-state index in [1.165, 1.54) is 32.1 Å². The Balaban J connectivity index is 2.00. The van der Waals surface area contributed by atoms with Crippen molar-refractivity contribution in [3.05, 3.63) is 22.7 Å². The molecule has 0 radical (unpaired) electrons.